The van der Waals surface area contributed by atoms with Crippen molar-refractivity contribution in [3.63, 3.8) is 0 Å². The minimum absolute atomic E-state index is 0.0501. The zero-order chi connectivity index (χ0) is 12.3. The molecule has 2 heterocycles. The van der Waals surface area contributed by atoms with Gasteiger partial charge in [0, 0.05) is 30.4 Å². The number of nitrogens with zero attached hydrogens (tertiary/aromatic N) is 2. The molecule has 88 valence electrons. The molecular formula is C12H12N2O2S. The first kappa shape index (κ1) is 11.7. The van der Waals surface area contributed by atoms with Gasteiger partial charge in [0.05, 0.1) is 11.4 Å². The van der Waals surface area contributed by atoms with Gasteiger partial charge in [0.25, 0.3) is 0 Å². The zero-order valence-electron chi connectivity index (χ0n) is 9.37. The van der Waals surface area contributed by atoms with Gasteiger partial charge in [-0.2, -0.15) is 0 Å². The lowest BCUT2D eigenvalue weighted by atomic mass is 10.1. The second-order valence-electron chi connectivity index (χ2n) is 3.80. The summed E-state index contributed by atoms with van der Waals surface area (Å²) in [5, 5.41) is 0. The Morgan fingerprint density at radius 3 is 2.47 bits per heavy atom. The molecule has 2 aromatic rings. The van der Waals surface area contributed by atoms with Crippen molar-refractivity contribution >= 4 is 9.84 Å². The summed E-state index contributed by atoms with van der Waals surface area (Å²) in [6, 6.07) is 7.33. The second-order valence-corrected chi connectivity index (χ2v) is 5.94. The summed E-state index contributed by atoms with van der Waals surface area (Å²) < 4.78 is 22.7. The number of sulfone groups is 1. The van der Waals surface area contributed by atoms with Crippen molar-refractivity contribution in [1.82, 2.24) is 9.97 Å². The Kier molecular flexibility index (Phi) is 3.19. The summed E-state index contributed by atoms with van der Waals surface area (Å²) in [6.45, 7) is 0. The third kappa shape index (κ3) is 3.10. The van der Waals surface area contributed by atoms with E-state index in [2.05, 4.69) is 9.97 Å². The molecule has 0 aliphatic rings. The highest BCUT2D eigenvalue weighted by Crippen LogP contribution is 2.22. The fourth-order valence-corrected chi connectivity index (χ4v) is 2.32. The highest BCUT2D eigenvalue weighted by molar-refractivity contribution is 7.89. The maximum atomic E-state index is 11.3. The van der Waals surface area contributed by atoms with Crippen molar-refractivity contribution in [1.29, 1.82) is 0 Å². The maximum Gasteiger partial charge on any atom is 0.153 e. The van der Waals surface area contributed by atoms with Crippen LogP contribution in [-0.2, 0) is 15.6 Å². The Hall–Kier alpha value is -1.75. The monoisotopic (exact) mass is 248 g/mol. The third-order valence-corrected chi connectivity index (χ3v) is 3.08. The molecule has 0 bridgehead atoms. The van der Waals surface area contributed by atoms with Crippen LogP contribution >= 0.6 is 0 Å². The molecule has 0 N–H and O–H groups in total. The van der Waals surface area contributed by atoms with Gasteiger partial charge in [-0.25, -0.2) is 8.42 Å². The van der Waals surface area contributed by atoms with Crippen LogP contribution in [-0.4, -0.2) is 24.6 Å². The van der Waals surface area contributed by atoms with E-state index in [1.165, 1.54) is 6.26 Å². The minimum atomic E-state index is -3.09. The molecule has 17 heavy (non-hydrogen) atoms. The van der Waals surface area contributed by atoms with Crippen LogP contribution in [0, 0.1) is 0 Å². The maximum absolute atomic E-state index is 11.3. The van der Waals surface area contributed by atoms with E-state index in [1.807, 2.05) is 18.2 Å². The number of aromatic nitrogens is 2. The highest BCUT2D eigenvalue weighted by Gasteiger charge is 2.11. The van der Waals surface area contributed by atoms with E-state index in [1.54, 1.807) is 24.7 Å². The number of hydrogen-bond donors (Lipinski definition) is 0. The van der Waals surface area contributed by atoms with Gasteiger partial charge < -0.3 is 0 Å². The average Bonchev–Trinajstić information content (AvgIpc) is 2.29. The van der Waals surface area contributed by atoms with Gasteiger partial charge in [0.2, 0.25) is 0 Å². The molecule has 0 radical (unpaired) electrons. The number of pyridine rings is 2. The fourth-order valence-electron chi connectivity index (χ4n) is 1.60. The van der Waals surface area contributed by atoms with Gasteiger partial charge in [0.15, 0.2) is 9.84 Å². The topological polar surface area (TPSA) is 59.9 Å². The van der Waals surface area contributed by atoms with Crippen LogP contribution in [0.5, 0.6) is 0 Å². The normalized spacial score (nSPS) is 11.4. The van der Waals surface area contributed by atoms with Gasteiger partial charge in [-0.15, -0.1) is 0 Å². The van der Waals surface area contributed by atoms with Gasteiger partial charge in [0.1, 0.15) is 0 Å². The van der Waals surface area contributed by atoms with Crippen molar-refractivity contribution in [2.75, 3.05) is 6.26 Å². The molecule has 0 aliphatic carbocycles. The Balaban J connectivity index is 2.49. The molecule has 0 saturated carbocycles. The van der Waals surface area contributed by atoms with E-state index in [4.69, 9.17) is 0 Å². The average molecular weight is 248 g/mol. The largest absolute Gasteiger partial charge is 0.265 e. The molecule has 2 aromatic heterocycles. The predicted molar refractivity (Wildman–Crippen MR) is 66.0 cm³/mol. The van der Waals surface area contributed by atoms with Gasteiger partial charge in [-0.3, -0.25) is 9.97 Å². The molecule has 0 amide bonds. The van der Waals surface area contributed by atoms with Crippen LogP contribution in [0.1, 0.15) is 5.69 Å². The smallest absolute Gasteiger partial charge is 0.153 e. The molecule has 0 atom stereocenters. The standard InChI is InChI=1S/C12H12N2O2S/c1-17(15,16)9-12-11(3-2-6-14-12)10-4-7-13-8-5-10/h2-8H,9H2,1H3. The molecule has 2 rings (SSSR count). The molecule has 5 heteroatoms. The quantitative estimate of drug-likeness (QED) is 0.829. The lowest BCUT2D eigenvalue weighted by Gasteiger charge is -2.07. The Bertz CT molecular complexity index is 609. The van der Waals surface area contributed by atoms with Crippen LogP contribution in [0.4, 0.5) is 0 Å². The first-order valence-corrected chi connectivity index (χ1v) is 7.14. The van der Waals surface area contributed by atoms with Gasteiger partial charge in [-0.05, 0) is 23.8 Å². The molecule has 0 unspecified atom stereocenters. The highest BCUT2D eigenvalue weighted by atomic mass is 32.2. The molecule has 0 fully saturated rings. The first-order valence-electron chi connectivity index (χ1n) is 5.08. The minimum Gasteiger partial charge on any atom is -0.265 e. The van der Waals surface area contributed by atoms with E-state index in [-0.39, 0.29) is 5.75 Å². The fraction of sp³-hybridized carbons (Fsp3) is 0.167. The molecule has 0 spiro atoms. The number of hydrogen-bond acceptors (Lipinski definition) is 4. The van der Waals surface area contributed by atoms with Crippen LogP contribution < -0.4 is 0 Å². The van der Waals surface area contributed by atoms with E-state index >= 15 is 0 Å². The van der Waals surface area contributed by atoms with Crippen LogP contribution in [0.3, 0.4) is 0 Å². The third-order valence-electron chi connectivity index (χ3n) is 2.28. The lowest BCUT2D eigenvalue weighted by Crippen LogP contribution is -2.04. The van der Waals surface area contributed by atoms with Crippen molar-refractivity contribution in [3.05, 3.63) is 48.5 Å². The van der Waals surface area contributed by atoms with Crippen molar-refractivity contribution < 1.29 is 8.42 Å². The molecule has 0 saturated heterocycles. The predicted octanol–water partition coefficient (Wildman–Crippen LogP) is 1.69. The number of rotatable bonds is 3. The summed E-state index contributed by atoms with van der Waals surface area (Å²) in [4.78, 5) is 8.08. The van der Waals surface area contributed by atoms with Crippen LogP contribution in [0.15, 0.2) is 42.9 Å². The molecule has 0 aliphatic heterocycles. The van der Waals surface area contributed by atoms with E-state index in [9.17, 15) is 8.42 Å². The molecular weight excluding hydrogens is 236 g/mol. The van der Waals surface area contributed by atoms with E-state index < -0.39 is 9.84 Å². The van der Waals surface area contributed by atoms with E-state index in [0.29, 0.717) is 5.69 Å². The SMILES string of the molecule is CS(=O)(=O)Cc1ncccc1-c1ccncc1. The Morgan fingerprint density at radius 2 is 1.82 bits per heavy atom. The second kappa shape index (κ2) is 4.63. The summed E-state index contributed by atoms with van der Waals surface area (Å²) in [7, 11) is -3.09. The van der Waals surface area contributed by atoms with Gasteiger partial charge in [-0.1, -0.05) is 6.07 Å². The zero-order valence-corrected chi connectivity index (χ0v) is 10.2. The van der Waals surface area contributed by atoms with Crippen LogP contribution in [0.25, 0.3) is 11.1 Å². The van der Waals surface area contributed by atoms with Crippen molar-refractivity contribution in [2.24, 2.45) is 0 Å². The van der Waals surface area contributed by atoms with Gasteiger partial charge >= 0.3 is 0 Å². The van der Waals surface area contributed by atoms with E-state index in [0.717, 1.165) is 11.1 Å². The summed E-state index contributed by atoms with van der Waals surface area (Å²) in [5.41, 5.74) is 2.33. The Labute approximate surface area is 100 Å². The van der Waals surface area contributed by atoms with Crippen molar-refractivity contribution in [3.8, 4) is 11.1 Å². The Morgan fingerprint density at radius 1 is 1.12 bits per heavy atom. The summed E-state index contributed by atoms with van der Waals surface area (Å²) in [5.74, 6) is -0.0501. The van der Waals surface area contributed by atoms with Crippen LogP contribution in [0.2, 0.25) is 0 Å². The first-order chi connectivity index (χ1) is 8.06. The lowest BCUT2D eigenvalue weighted by molar-refractivity contribution is 0.600. The summed E-state index contributed by atoms with van der Waals surface area (Å²) >= 11 is 0. The molecule has 4 nitrogen and oxygen atoms in total. The molecule has 0 aromatic carbocycles. The summed E-state index contributed by atoms with van der Waals surface area (Å²) in [6.07, 6.45) is 6.16. The van der Waals surface area contributed by atoms with Crippen molar-refractivity contribution in [2.45, 2.75) is 5.75 Å².